The van der Waals surface area contributed by atoms with E-state index in [1.807, 2.05) is 11.0 Å². The summed E-state index contributed by atoms with van der Waals surface area (Å²) in [6.45, 7) is 3.03. The highest BCUT2D eigenvalue weighted by atomic mass is 19.1. The highest BCUT2D eigenvalue weighted by molar-refractivity contribution is 5.71. The second-order valence-electron chi connectivity index (χ2n) is 5.79. The second kappa shape index (κ2) is 6.32. The molecule has 0 unspecified atom stereocenters. The van der Waals surface area contributed by atoms with Crippen LogP contribution >= 0.6 is 0 Å². The molecule has 1 fully saturated rings. The van der Waals surface area contributed by atoms with Gasteiger partial charge in [0.1, 0.15) is 17.5 Å². The van der Waals surface area contributed by atoms with Crippen molar-refractivity contribution in [3.63, 3.8) is 0 Å². The molecule has 1 aromatic heterocycles. The lowest BCUT2D eigenvalue weighted by molar-refractivity contribution is -0.141. The van der Waals surface area contributed by atoms with Gasteiger partial charge in [0.25, 0.3) is 0 Å². The zero-order valence-electron chi connectivity index (χ0n) is 12.9. The molecule has 0 aliphatic carbocycles. The number of anilines is 1. The molecule has 1 saturated heterocycles. The van der Waals surface area contributed by atoms with Gasteiger partial charge in [0.2, 0.25) is 0 Å². The van der Waals surface area contributed by atoms with Crippen LogP contribution in [0.1, 0.15) is 18.7 Å². The van der Waals surface area contributed by atoms with Gasteiger partial charge in [0, 0.05) is 24.7 Å². The molecule has 6 heteroatoms. The lowest BCUT2D eigenvalue weighted by Crippen LogP contribution is -2.39. The van der Waals surface area contributed by atoms with Crippen LogP contribution in [0.25, 0.3) is 11.3 Å². The van der Waals surface area contributed by atoms with Crippen molar-refractivity contribution >= 4 is 11.8 Å². The molecule has 120 valence electrons. The summed E-state index contributed by atoms with van der Waals surface area (Å²) in [5.41, 5.74) is 1.52. The first-order valence-electron chi connectivity index (χ1n) is 7.62. The van der Waals surface area contributed by atoms with Gasteiger partial charge in [-0.15, -0.1) is 0 Å². The van der Waals surface area contributed by atoms with E-state index in [0.717, 1.165) is 24.3 Å². The Bertz CT molecular complexity index is 718. The van der Waals surface area contributed by atoms with Gasteiger partial charge < -0.3 is 10.0 Å². The molecule has 1 aliphatic heterocycles. The van der Waals surface area contributed by atoms with Crippen LogP contribution in [-0.4, -0.2) is 34.1 Å². The smallest absolute Gasteiger partial charge is 0.308 e. The molecule has 1 atom stereocenters. The molecule has 1 aromatic carbocycles. The van der Waals surface area contributed by atoms with Crippen LogP contribution in [0.15, 0.2) is 30.3 Å². The fraction of sp³-hybridized carbons (Fsp3) is 0.353. The molecular formula is C17H18FN3O2. The number of rotatable bonds is 3. The van der Waals surface area contributed by atoms with E-state index in [-0.39, 0.29) is 11.7 Å². The minimum Gasteiger partial charge on any atom is -0.481 e. The fourth-order valence-corrected chi connectivity index (χ4v) is 2.87. The minimum atomic E-state index is -0.765. The summed E-state index contributed by atoms with van der Waals surface area (Å²) in [4.78, 5) is 22.1. The Morgan fingerprint density at radius 3 is 2.74 bits per heavy atom. The van der Waals surface area contributed by atoms with Crippen molar-refractivity contribution in [3.8, 4) is 11.3 Å². The summed E-state index contributed by atoms with van der Waals surface area (Å²) >= 11 is 0. The maximum absolute atomic E-state index is 13.1. The largest absolute Gasteiger partial charge is 0.481 e. The Labute approximate surface area is 133 Å². The average molecular weight is 315 g/mol. The van der Waals surface area contributed by atoms with Crippen LogP contribution in [0.5, 0.6) is 0 Å². The predicted octanol–water partition coefficient (Wildman–Crippen LogP) is 2.89. The highest BCUT2D eigenvalue weighted by Crippen LogP contribution is 2.26. The molecule has 0 saturated carbocycles. The summed E-state index contributed by atoms with van der Waals surface area (Å²) in [5.74, 6) is -0.0883. The standard InChI is InChI=1S/C17H18FN3O2/c1-11-19-15(12-4-6-14(18)7-5-12)9-16(20-11)21-8-2-3-13(10-21)17(22)23/h4-7,9,13H,2-3,8,10H2,1H3,(H,22,23)/t13-/m0/s1. The summed E-state index contributed by atoms with van der Waals surface area (Å²) in [7, 11) is 0. The molecule has 2 heterocycles. The lowest BCUT2D eigenvalue weighted by Gasteiger charge is -2.31. The molecule has 0 spiro atoms. The fourth-order valence-electron chi connectivity index (χ4n) is 2.87. The number of hydrogen-bond acceptors (Lipinski definition) is 4. The molecule has 23 heavy (non-hydrogen) atoms. The molecule has 0 bridgehead atoms. The quantitative estimate of drug-likeness (QED) is 0.943. The molecule has 5 nitrogen and oxygen atoms in total. The van der Waals surface area contributed by atoms with Gasteiger partial charge in [-0.2, -0.15) is 0 Å². The van der Waals surface area contributed by atoms with Crippen LogP contribution in [-0.2, 0) is 4.79 Å². The number of halogens is 1. The summed E-state index contributed by atoms with van der Waals surface area (Å²) in [6, 6.07) is 7.99. The molecule has 0 amide bonds. The number of carboxylic acids is 1. The SMILES string of the molecule is Cc1nc(-c2ccc(F)cc2)cc(N2CCC[C@H](C(=O)O)C2)n1. The van der Waals surface area contributed by atoms with Crippen molar-refractivity contribution in [3.05, 3.63) is 42.0 Å². The Hall–Kier alpha value is -2.50. The number of carbonyl (C=O) groups is 1. The number of piperidine rings is 1. The summed E-state index contributed by atoms with van der Waals surface area (Å²) < 4.78 is 13.1. The Kier molecular flexibility index (Phi) is 4.23. The van der Waals surface area contributed by atoms with Crippen molar-refractivity contribution in [1.29, 1.82) is 0 Å². The maximum atomic E-state index is 13.1. The van der Waals surface area contributed by atoms with Crippen LogP contribution in [0.3, 0.4) is 0 Å². The monoisotopic (exact) mass is 315 g/mol. The van der Waals surface area contributed by atoms with E-state index < -0.39 is 5.97 Å². The Morgan fingerprint density at radius 1 is 1.30 bits per heavy atom. The van der Waals surface area contributed by atoms with Crippen molar-refractivity contribution < 1.29 is 14.3 Å². The van der Waals surface area contributed by atoms with E-state index in [2.05, 4.69) is 9.97 Å². The van der Waals surface area contributed by atoms with Gasteiger partial charge in [-0.3, -0.25) is 4.79 Å². The number of carboxylic acid groups (broad SMARTS) is 1. The predicted molar refractivity (Wildman–Crippen MR) is 84.7 cm³/mol. The number of nitrogens with zero attached hydrogens (tertiary/aromatic N) is 3. The minimum absolute atomic E-state index is 0.292. The third-order valence-electron chi connectivity index (χ3n) is 4.06. The topological polar surface area (TPSA) is 66.3 Å². The van der Waals surface area contributed by atoms with Crippen LogP contribution in [0, 0.1) is 18.7 Å². The number of aliphatic carboxylic acids is 1. The summed E-state index contributed by atoms with van der Waals surface area (Å²) in [5, 5.41) is 9.22. The number of aryl methyl sites for hydroxylation is 1. The van der Waals surface area contributed by atoms with Crippen LogP contribution in [0.4, 0.5) is 10.2 Å². The highest BCUT2D eigenvalue weighted by Gasteiger charge is 2.26. The zero-order valence-corrected chi connectivity index (χ0v) is 12.9. The third-order valence-corrected chi connectivity index (χ3v) is 4.06. The van der Waals surface area contributed by atoms with Gasteiger partial charge in [-0.1, -0.05) is 0 Å². The second-order valence-corrected chi connectivity index (χ2v) is 5.79. The Balaban J connectivity index is 1.91. The Morgan fingerprint density at radius 2 is 2.04 bits per heavy atom. The number of hydrogen-bond donors (Lipinski definition) is 1. The number of aromatic nitrogens is 2. The van der Waals surface area contributed by atoms with E-state index in [0.29, 0.717) is 24.5 Å². The van der Waals surface area contributed by atoms with Gasteiger partial charge in [-0.25, -0.2) is 14.4 Å². The first kappa shape index (κ1) is 15.4. The zero-order chi connectivity index (χ0) is 16.4. The van der Waals surface area contributed by atoms with Crippen LogP contribution in [0.2, 0.25) is 0 Å². The van der Waals surface area contributed by atoms with E-state index in [9.17, 15) is 14.3 Å². The lowest BCUT2D eigenvalue weighted by atomic mass is 9.98. The maximum Gasteiger partial charge on any atom is 0.308 e. The molecule has 1 aliphatic rings. The average Bonchev–Trinajstić information content (AvgIpc) is 2.55. The van der Waals surface area contributed by atoms with Crippen molar-refractivity contribution in [2.24, 2.45) is 5.92 Å². The normalized spacial score (nSPS) is 18.0. The number of benzene rings is 1. The van der Waals surface area contributed by atoms with Gasteiger partial charge >= 0.3 is 5.97 Å². The van der Waals surface area contributed by atoms with Crippen molar-refractivity contribution in [1.82, 2.24) is 9.97 Å². The van der Waals surface area contributed by atoms with Crippen molar-refractivity contribution in [2.75, 3.05) is 18.0 Å². The van der Waals surface area contributed by atoms with Crippen LogP contribution < -0.4 is 4.90 Å². The van der Waals surface area contributed by atoms with Gasteiger partial charge in [0.05, 0.1) is 11.6 Å². The van der Waals surface area contributed by atoms with E-state index in [1.54, 1.807) is 19.1 Å². The molecule has 2 aromatic rings. The van der Waals surface area contributed by atoms with Gasteiger partial charge in [0.15, 0.2) is 0 Å². The van der Waals surface area contributed by atoms with Crippen molar-refractivity contribution in [2.45, 2.75) is 19.8 Å². The third kappa shape index (κ3) is 3.47. The van der Waals surface area contributed by atoms with E-state index in [1.165, 1.54) is 12.1 Å². The molecular weight excluding hydrogens is 297 g/mol. The molecule has 1 N–H and O–H groups in total. The molecule has 3 rings (SSSR count). The summed E-state index contributed by atoms with van der Waals surface area (Å²) in [6.07, 6.45) is 1.52. The van der Waals surface area contributed by atoms with E-state index >= 15 is 0 Å². The first-order valence-corrected chi connectivity index (χ1v) is 7.62. The van der Waals surface area contributed by atoms with E-state index in [4.69, 9.17) is 0 Å². The first-order chi connectivity index (χ1) is 11.0. The van der Waals surface area contributed by atoms with Gasteiger partial charge in [-0.05, 0) is 44.0 Å². The molecule has 0 radical (unpaired) electrons.